The van der Waals surface area contributed by atoms with Crippen LogP contribution in [-0.2, 0) is 6.54 Å². The van der Waals surface area contributed by atoms with E-state index < -0.39 is 0 Å². The van der Waals surface area contributed by atoms with E-state index in [1.807, 2.05) is 18.2 Å². The molecule has 3 nitrogen and oxygen atoms in total. The van der Waals surface area contributed by atoms with Crippen LogP contribution < -0.4 is 5.32 Å². The number of rotatable bonds is 4. The smallest absolute Gasteiger partial charge is 0.173 e. The molecular weight excluding hydrogens is 337 g/mol. The highest BCUT2D eigenvalue weighted by atomic mass is 35.5. The number of thiocarbonyl (C=S) groups is 1. The first-order valence-electron chi connectivity index (χ1n) is 7.05. The largest absolute Gasteiger partial charge is 0.342 e. The predicted octanol–water partition coefficient (Wildman–Crippen LogP) is 4.75. The number of benzene rings is 1. The molecule has 3 rings (SSSR count). The summed E-state index contributed by atoms with van der Waals surface area (Å²) in [6.45, 7) is 0.778. The van der Waals surface area contributed by atoms with E-state index in [9.17, 15) is 0 Å². The molecule has 1 aliphatic rings. The fourth-order valence-corrected chi connectivity index (χ4v) is 2.84. The number of pyridine rings is 1. The van der Waals surface area contributed by atoms with Crippen molar-refractivity contribution in [3.05, 3.63) is 58.3 Å². The van der Waals surface area contributed by atoms with Gasteiger partial charge in [0.25, 0.3) is 0 Å². The van der Waals surface area contributed by atoms with Crippen LogP contribution in [0.2, 0.25) is 10.0 Å². The second-order valence-corrected chi connectivity index (χ2v) is 6.47. The van der Waals surface area contributed by atoms with E-state index in [1.165, 1.54) is 18.4 Å². The molecule has 0 aliphatic heterocycles. The van der Waals surface area contributed by atoms with Crippen LogP contribution in [0, 0.1) is 0 Å². The summed E-state index contributed by atoms with van der Waals surface area (Å²) < 4.78 is 0. The fourth-order valence-electron chi connectivity index (χ4n) is 2.21. The summed E-state index contributed by atoms with van der Waals surface area (Å²) >= 11 is 17.6. The Bertz CT molecular complexity index is 674. The van der Waals surface area contributed by atoms with E-state index in [-0.39, 0.29) is 0 Å². The monoisotopic (exact) mass is 351 g/mol. The van der Waals surface area contributed by atoms with Crippen molar-refractivity contribution in [2.75, 3.05) is 5.32 Å². The highest BCUT2D eigenvalue weighted by Gasteiger charge is 2.30. The molecule has 1 heterocycles. The van der Waals surface area contributed by atoms with E-state index in [0.29, 0.717) is 21.2 Å². The van der Waals surface area contributed by atoms with E-state index in [4.69, 9.17) is 35.4 Å². The lowest BCUT2D eigenvalue weighted by atomic mass is 10.2. The molecule has 0 saturated heterocycles. The Morgan fingerprint density at radius 2 is 1.91 bits per heavy atom. The Morgan fingerprint density at radius 1 is 1.18 bits per heavy atom. The number of halogens is 2. The molecule has 0 unspecified atom stereocenters. The van der Waals surface area contributed by atoms with Gasteiger partial charge in [0.05, 0.1) is 10.0 Å². The van der Waals surface area contributed by atoms with Gasteiger partial charge < -0.3 is 10.2 Å². The zero-order valence-corrected chi connectivity index (χ0v) is 14.1. The molecule has 1 aliphatic carbocycles. The van der Waals surface area contributed by atoms with Gasteiger partial charge in [-0.3, -0.25) is 4.98 Å². The molecule has 2 aromatic rings. The molecule has 22 heavy (non-hydrogen) atoms. The molecule has 0 atom stereocenters. The summed E-state index contributed by atoms with van der Waals surface area (Å²) in [5.74, 6) is 0. The van der Waals surface area contributed by atoms with Gasteiger partial charge in [0, 0.05) is 30.7 Å². The Kier molecular flexibility index (Phi) is 4.81. The lowest BCUT2D eigenvalue weighted by Gasteiger charge is -2.26. The van der Waals surface area contributed by atoms with Crippen LogP contribution in [0.15, 0.2) is 42.7 Å². The van der Waals surface area contributed by atoms with E-state index in [0.717, 1.165) is 12.2 Å². The summed E-state index contributed by atoms with van der Waals surface area (Å²) in [6.07, 6.45) is 5.95. The topological polar surface area (TPSA) is 28.2 Å². The van der Waals surface area contributed by atoms with Crippen molar-refractivity contribution < 1.29 is 0 Å². The van der Waals surface area contributed by atoms with Crippen LogP contribution in [0.1, 0.15) is 18.4 Å². The van der Waals surface area contributed by atoms with Crippen molar-refractivity contribution >= 4 is 46.2 Å². The Morgan fingerprint density at radius 3 is 2.55 bits per heavy atom. The third-order valence-corrected chi connectivity index (χ3v) is 4.60. The number of nitrogens with one attached hydrogen (secondary N) is 1. The summed E-state index contributed by atoms with van der Waals surface area (Å²) in [7, 11) is 0. The van der Waals surface area contributed by atoms with Crippen LogP contribution in [0.25, 0.3) is 0 Å². The molecule has 0 bridgehead atoms. The van der Waals surface area contributed by atoms with Gasteiger partial charge in [-0.25, -0.2) is 0 Å². The quantitative estimate of drug-likeness (QED) is 0.804. The van der Waals surface area contributed by atoms with Gasteiger partial charge in [-0.05, 0) is 61.0 Å². The minimum atomic E-state index is 0.510. The molecule has 0 amide bonds. The summed E-state index contributed by atoms with van der Waals surface area (Å²) in [4.78, 5) is 6.26. The van der Waals surface area contributed by atoms with Gasteiger partial charge in [0.15, 0.2) is 5.11 Å². The molecule has 1 N–H and O–H groups in total. The van der Waals surface area contributed by atoms with Crippen LogP contribution in [-0.4, -0.2) is 21.0 Å². The molecule has 1 saturated carbocycles. The SMILES string of the molecule is S=C(Nc1ccc(Cl)c(Cl)c1)N(Cc1ccncc1)C1CC1. The van der Waals surface area contributed by atoms with Gasteiger partial charge in [-0.2, -0.15) is 0 Å². The van der Waals surface area contributed by atoms with E-state index >= 15 is 0 Å². The maximum atomic E-state index is 6.05. The Balaban J connectivity index is 1.71. The van der Waals surface area contributed by atoms with Gasteiger partial charge in [0.1, 0.15) is 0 Å². The summed E-state index contributed by atoms with van der Waals surface area (Å²) in [5, 5.41) is 5.01. The zero-order valence-electron chi connectivity index (χ0n) is 11.8. The molecule has 0 spiro atoms. The van der Waals surface area contributed by atoms with Crippen LogP contribution in [0.3, 0.4) is 0 Å². The van der Waals surface area contributed by atoms with Crippen molar-refractivity contribution in [2.45, 2.75) is 25.4 Å². The first-order valence-corrected chi connectivity index (χ1v) is 8.21. The summed E-state index contributed by atoms with van der Waals surface area (Å²) in [6, 6.07) is 9.95. The fraction of sp³-hybridized carbons (Fsp3) is 0.250. The van der Waals surface area contributed by atoms with Gasteiger partial charge in [-0.15, -0.1) is 0 Å². The van der Waals surface area contributed by atoms with Gasteiger partial charge >= 0.3 is 0 Å². The van der Waals surface area contributed by atoms with E-state index in [2.05, 4.69) is 15.2 Å². The first-order chi connectivity index (χ1) is 10.6. The zero-order chi connectivity index (χ0) is 15.5. The molecule has 6 heteroatoms. The van der Waals surface area contributed by atoms with Crippen molar-refractivity contribution in [1.82, 2.24) is 9.88 Å². The number of nitrogens with zero attached hydrogens (tertiary/aromatic N) is 2. The van der Waals surface area contributed by atoms with Crippen molar-refractivity contribution in [1.29, 1.82) is 0 Å². The summed E-state index contributed by atoms with van der Waals surface area (Å²) in [5.41, 5.74) is 2.04. The number of hydrogen-bond donors (Lipinski definition) is 1. The Hall–Kier alpha value is -1.36. The number of aromatic nitrogens is 1. The van der Waals surface area contributed by atoms with Crippen LogP contribution in [0.5, 0.6) is 0 Å². The Labute approximate surface area is 145 Å². The maximum Gasteiger partial charge on any atom is 0.173 e. The average molecular weight is 352 g/mol. The second kappa shape index (κ2) is 6.82. The number of hydrogen-bond acceptors (Lipinski definition) is 2. The number of anilines is 1. The molecule has 1 fully saturated rings. The van der Waals surface area contributed by atoms with Gasteiger partial charge in [0.2, 0.25) is 0 Å². The normalized spacial score (nSPS) is 13.7. The molecule has 0 radical (unpaired) electrons. The lowest BCUT2D eigenvalue weighted by Crippen LogP contribution is -2.36. The van der Waals surface area contributed by atoms with Crippen molar-refractivity contribution in [2.24, 2.45) is 0 Å². The van der Waals surface area contributed by atoms with Crippen molar-refractivity contribution in [3.63, 3.8) is 0 Å². The minimum absolute atomic E-state index is 0.510. The highest BCUT2D eigenvalue weighted by molar-refractivity contribution is 7.80. The molecule has 114 valence electrons. The predicted molar refractivity (Wildman–Crippen MR) is 95.5 cm³/mol. The lowest BCUT2D eigenvalue weighted by molar-refractivity contribution is 0.409. The van der Waals surface area contributed by atoms with E-state index in [1.54, 1.807) is 24.5 Å². The third kappa shape index (κ3) is 3.88. The molecule has 1 aromatic carbocycles. The van der Waals surface area contributed by atoms with Gasteiger partial charge in [-0.1, -0.05) is 23.2 Å². The van der Waals surface area contributed by atoms with Crippen LogP contribution in [0.4, 0.5) is 5.69 Å². The maximum absolute atomic E-state index is 6.05. The molecular formula is C16H15Cl2N3S. The first kappa shape index (κ1) is 15.5. The second-order valence-electron chi connectivity index (χ2n) is 5.27. The third-order valence-electron chi connectivity index (χ3n) is 3.52. The minimum Gasteiger partial charge on any atom is -0.342 e. The average Bonchev–Trinajstić information content (AvgIpc) is 3.34. The molecule has 1 aromatic heterocycles. The van der Waals surface area contributed by atoms with Crippen LogP contribution >= 0.6 is 35.4 Å². The van der Waals surface area contributed by atoms with Crippen molar-refractivity contribution in [3.8, 4) is 0 Å². The standard InChI is InChI=1S/C16H15Cl2N3S/c17-14-4-1-12(9-15(14)18)20-16(22)21(13-2-3-13)10-11-5-7-19-8-6-11/h1,4-9,13H,2-3,10H2,(H,20,22). The highest BCUT2D eigenvalue weighted by Crippen LogP contribution is 2.30.